The minimum absolute atomic E-state index is 0.103. The Bertz CT molecular complexity index is 1030. The smallest absolute Gasteiger partial charge is 0.254 e. The maximum Gasteiger partial charge on any atom is 0.254 e. The Morgan fingerprint density at radius 1 is 1.17 bits per heavy atom. The summed E-state index contributed by atoms with van der Waals surface area (Å²) in [5.41, 5.74) is 9.04. The highest BCUT2D eigenvalue weighted by atomic mass is 32.1. The van der Waals surface area contributed by atoms with E-state index >= 15 is 0 Å². The third-order valence-corrected chi connectivity index (χ3v) is 9.90. The van der Waals surface area contributed by atoms with Gasteiger partial charge in [0.15, 0.2) is 0 Å². The molecule has 29 heavy (non-hydrogen) atoms. The van der Waals surface area contributed by atoms with Crippen LogP contribution in [0.3, 0.4) is 0 Å². The summed E-state index contributed by atoms with van der Waals surface area (Å²) in [4.78, 5) is 25.8. The van der Waals surface area contributed by atoms with Crippen LogP contribution in [0.25, 0.3) is 10.1 Å². The molecule has 4 nitrogen and oxygen atoms in total. The summed E-state index contributed by atoms with van der Waals surface area (Å²) in [6.45, 7) is 5.94. The van der Waals surface area contributed by atoms with Gasteiger partial charge in [-0.3, -0.25) is 4.79 Å². The van der Waals surface area contributed by atoms with Gasteiger partial charge in [0.25, 0.3) is 5.91 Å². The van der Waals surface area contributed by atoms with E-state index < -0.39 is 8.32 Å². The lowest BCUT2D eigenvalue weighted by Gasteiger charge is -2.32. The molecule has 3 aromatic rings. The van der Waals surface area contributed by atoms with Crippen LogP contribution in [0.5, 0.6) is 0 Å². The van der Waals surface area contributed by atoms with Crippen molar-refractivity contribution in [1.82, 2.24) is 4.90 Å². The molecule has 1 aromatic heterocycles. The van der Waals surface area contributed by atoms with Gasteiger partial charge in [0.05, 0.1) is 0 Å². The van der Waals surface area contributed by atoms with E-state index in [1.165, 1.54) is 5.56 Å². The second-order valence-corrected chi connectivity index (χ2v) is 13.5. The van der Waals surface area contributed by atoms with Crippen LogP contribution < -0.4 is 10.2 Å². The molecule has 1 aliphatic rings. The predicted octanol–water partition coefficient (Wildman–Crippen LogP) is 3.78. The Labute approximate surface area is 177 Å². The van der Waals surface area contributed by atoms with Crippen molar-refractivity contribution in [2.24, 2.45) is 5.73 Å². The van der Waals surface area contributed by atoms with Gasteiger partial charge in [-0.1, -0.05) is 30.3 Å². The molecule has 1 saturated heterocycles. The molecule has 152 valence electrons. The average Bonchev–Trinajstić information content (AvgIpc) is 3.18. The summed E-state index contributed by atoms with van der Waals surface area (Å²) in [5, 5.41) is 0.977. The Hall–Kier alpha value is -1.99. The number of nitrogens with two attached hydrogens (primary N) is 1. The zero-order chi connectivity index (χ0) is 20.6. The quantitative estimate of drug-likeness (QED) is 0.626. The molecule has 0 bridgehead atoms. The number of piperidine rings is 1. The maximum absolute atomic E-state index is 13.3. The van der Waals surface area contributed by atoms with Crippen LogP contribution >= 0.6 is 11.3 Å². The number of amides is 1. The van der Waals surface area contributed by atoms with Crippen molar-refractivity contribution >= 4 is 40.1 Å². The van der Waals surface area contributed by atoms with Gasteiger partial charge >= 0.3 is 0 Å². The largest absolute Gasteiger partial charge is 0.427 e. The molecule has 0 aliphatic carbocycles. The van der Waals surface area contributed by atoms with Crippen molar-refractivity contribution in [3.63, 3.8) is 0 Å². The van der Waals surface area contributed by atoms with Crippen LogP contribution in [0.1, 0.15) is 40.2 Å². The summed E-state index contributed by atoms with van der Waals surface area (Å²) in [5.74, 6) is 0.585. The first-order valence-corrected chi connectivity index (χ1v) is 14.0. The third kappa shape index (κ3) is 4.16. The number of nitrogens with zero attached hydrogens (tertiary/aromatic N) is 1. The lowest BCUT2D eigenvalue weighted by atomic mass is 9.88. The van der Waals surface area contributed by atoms with Crippen molar-refractivity contribution in [3.8, 4) is 0 Å². The number of hydrogen-bond donors (Lipinski definition) is 2. The fourth-order valence-corrected chi connectivity index (χ4v) is 6.77. The van der Waals surface area contributed by atoms with E-state index in [1.807, 2.05) is 42.3 Å². The first-order valence-electron chi connectivity index (χ1n) is 10.2. The second-order valence-electron chi connectivity index (χ2n) is 8.40. The van der Waals surface area contributed by atoms with E-state index in [2.05, 4.69) is 24.3 Å². The Morgan fingerprint density at radius 3 is 2.59 bits per heavy atom. The number of carbonyl (C=O) groups is 1. The van der Waals surface area contributed by atoms with E-state index in [4.69, 9.17) is 5.73 Å². The zero-order valence-electron chi connectivity index (χ0n) is 17.0. The molecule has 0 unspecified atom stereocenters. The van der Waals surface area contributed by atoms with Crippen LogP contribution in [-0.4, -0.2) is 37.0 Å². The Balaban J connectivity index is 1.52. The van der Waals surface area contributed by atoms with Crippen LogP contribution in [0, 0.1) is 0 Å². The number of benzene rings is 2. The van der Waals surface area contributed by atoms with Gasteiger partial charge in [-0.25, -0.2) is 0 Å². The monoisotopic (exact) mass is 424 g/mol. The van der Waals surface area contributed by atoms with Gasteiger partial charge < -0.3 is 15.4 Å². The molecule has 0 atom stereocenters. The van der Waals surface area contributed by atoms with E-state index in [9.17, 15) is 9.59 Å². The highest BCUT2D eigenvalue weighted by molar-refractivity contribution is 7.30. The number of fused-ring (bicyclic) bond motifs is 1. The number of hydrogen-bond acceptors (Lipinski definition) is 4. The normalized spacial score (nSPS) is 15.8. The third-order valence-electron chi connectivity index (χ3n) is 5.84. The molecule has 0 radical (unpaired) electrons. The fraction of sp³-hybridized carbons (Fsp3) is 0.348. The summed E-state index contributed by atoms with van der Waals surface area (Å²) < 4.78 is 2.10. The van der Waals surface area contributed by atoms with Crippen molar-refractivity contribution in [1.29, 1.82) is 0 Å². The van der Waals surface area contributed by atoms with E-state index in [0.29, 0.717) is 12.5 Å². The highest BCUT2D eigenvalue weighted by Gasteiger charge is 2.28. The molecule has 1 amide bonds. The molecule has 2 aromatic carbocycles. The molecule has 0 spiro atoms. The first kappa shape index (κ1) is 20.3. The fourth-order valence-electron chi connectivity index (χ4n) is 4.11. The number of thiophene rings is 1. The van der Waals surface area contributed by atoms with Crippen molar-refractivity contribution in [3.05, 3.63) is 65.2 Å². The summed E-state index contributed by atoms with van der Waals surface area (Å²) >= 11 is 1.61. The second kappa shape index (κ2) is 8.03. The van der Waals surface area contributed by atoms with Crippen LogP contribution in [-0.2, 0) is 6.54 Å². The topological polar surface area (TPSA) is 66.6 Å². The highest BCUT2D eigenvalue weighted by Crippen LogP contribution is 2.31. The summed E-state index contributed by atoms with van der Waals surface area (Å²) in [7, 11) is -2.38. The van der Waals surface area contributed by atoms with Crippen molar-refractivity contribution in [2.45, 2.75) is 38.4 Å². The molecular formula is C23H28N2O2SSi. The molecule has 2 heterocycles. The van der Waals surface area contributed by atoms with Crippen LogP contribution in [0.2, 0.25) is 13.1 Å². The minimum atomic E-state index is -2.38. The Morgan fingerprint density at radius 2 is 1.90 bits per heavy atom. The van der Waals surface area contributed by atoms with Crippen molar-refractivity contribution < 1.29 is 9.59 Å². The van der Waals surface area contributed by atoms with Gasteiger partial charge in [-0.05, 0) is 61.2 Å². The maximum atomic E-state index is 13.3. The molecule has 3 N–H and O–H groups in total. The van der Waals surface area contributed by atoms with Crippen molar-refractivity contribution in [2.75, 3.05) is 13.1 Å². The molecule has 1 fully saturated rings. The first-order chi connectivity index (χ1) is 13.9. The summed E-state index contributed by atoms with van der Waals surface area (Å²) in [6.07, 6.45) is 1.95. The van der Waals surface area contributed by atoms with Gasteiger partial charge in [0.1, 0.15) is 0 Å². The van der Waals surface area contributed by atoms with Gasteiger partial charge in [0.2, 0.25) is 8.32 Å². The minimum Gasteiger partial charge on any atom is -0.427 e. The van der Waals surface area contributed by atoms with Crippen LogP contribution in [0.15, 0.2) is 48.5 Å². The predicted molar refractivity (Wildman–Crippen MR) is 123 cm³/mol. The van der Waals surface area contributed by atoms with Gasteiger partial charge in [-0.2, -0.15) is 0 Å². The molecule has 1 aliphatic heterocycles. The Kier molecular flexibility index (Phi) is 5.62. The number of likely N-dealkylation sites (tertiary alicyclic amines) is 1. The lowest BCUT2D eigenvalue weighted by molar-refractivity contribution is 0.0715. The van der Waals surface area contributed by atoms with Crippen LogP contribution in [0.4, 0.5) is 0 Å². The molecule has 4 rings (SSSR count). The summed E-state index contributed by atoms with van der Waals surface area (Å²) in [6, 6.07) is 16.5. The number of rotatable bonds is 4. The van der Waals surface area contributed by atoms with Gasteiger partial charge in [0, 0.05) is 39.8 Å². The molecular weight excluding hydrogens is 396 g/mol. The lowest BCUT2D eigenvalue weighted by Crippen LogP contribution is -2.39. The zero-order valence-corrected chi connectivity index (χ0v) is 18.8. The van der Waals surface area contributed by atoms with Gasteiger partial charge in [-0.15, -0.1) is 11.3 Å². The molecule has 6 heteroatoms. The number of carbonyl (C=O) groups excluding carboxylic acids is 1. The molecule has 0 saturated carbocycles. The van der Waals surface area contributed by atoms with E-state index in [0.717, 1.165) is 51.6 Å². The standard InChI is InChI=1S/C23H28N2O2SSi/c1-29(2,27)22-14-20-19(7-4-8-21(20)28-22)23(26)25-11-9-17(10-12-25)18-6-3-5-16(13-18)15-24/h3-8,13-14,17,27H,9-12,15,24H2,1-2H3. The SMILES string of the molecule is C[Si](C)(O)c1cc2c(C(=O)N3CCC(c4cccc(CN)c4)CC3)cccc2s1. The average molecular weight is 425 g/mol. The van der Waals surface area contributed by atoms with E-state index in [-0.39, 0.29) is 5.91 Å². The van der Waals surface area contributed by atoms with E-state index in [1.54, 1.807) is 11.3 Å².